The van der Waals surface area contributed by atoms with Crippen LogP contribution in [0.15, 0.2) is 0 Å². The van der Waals surface area contributed by atoms with E-state index in [1.165, 1.54) is 0 Å². The number of likely N-dealkylation sites (tertiary alicyclic amines) is 1. The summed E-state index contributed by atoms with van der Waals surface area (Å²) in [6.07, 6.45) is 2.71. The Balaban J connectivity index is 2.39. The summed E-state index contributed by atoms with van der Waals surface area (Å²) < 4.78 is 0. The average Bonchev–Trinajstić information content (AvgIpc) is 2.05. The van der Waals surface area contributed by atoms with E-state index >= 15 is 0 Å². The molecule has 1 rings (SSSR count). The van der Waals surface area contributed by atoms with Crippen molar-refractivity contribution < 1.29 is 4.79 Å². The molecule has 4 nitrogen and oxygen atoms in total. The SMILES string of the molecule is CN1CCCC(C(=N)NC=O)C1. The molecule has 0 saturated carbocycles. The second kappa shape index (κ2) is 4.21. The summed E-state index contributed by atoms with van der Waals surface area (Å²) in [4.78, 5) is 12.3. The van der Waals surface area contributed by atoms with Gasteiger partial charge in [0, 0.05) is 12.5 Å². The fraction of sp³-hybridized carbons (Fsp3) is 0.750. The van der Waals surface area contributed by atoms with Crippen molar-refractivity contribution in [3.63, 3.8) is 0 Å². The van der Waals surface area contributed by atoms with Crippen LogP contribution in [0.5, 0.6) is 0 Å². The lowest BCUT2D eigenvalue weighted by Gasteiger charge is -2.29. The van der Waals surface area contributed by atoms with Crippen LogP contribution in [-0.2, 0) is 4.79 Å². The van der Waals surface area contributed by atoms with Crippen molar-refractivity contribution in [1.29, 1.82) is 5.41 Å². The summed E-state index contributed by atoms with van der Waals surface area (Å²) in [5, 5.41) is 9.92. The van der Waals surface area contributed by atoms with Gasteiger partial charge in [0.1, 0.15) is 5.84 Å². The molecule has 0 spiro atoms. The van der Waals surface area contributed by atoms with Crippen LogP contribution in [-0.4, -0.2) is 37.3 Å². The van der Waals surface area contributed by atoms with E-state index in [2.05, 4.69) is 10.2 Å². The standard InChI is InChI=1S/C8H15N3O/c1-11-4-2-3-7(5-11)8(9)10-6-12/h6-7H,2-5H2,1H3,(H2,9,10,12). The number of hydrogen-bond donors (Lipinski definition) is 2. The largest absolute Gasteiger partial charge is 0.317 e. The molecule has 0 aromatic rings. The summed E-state index contributed by atoms with van der Waals surface area (Å²) in [5.41, 5.74) is 0. The molecule has 1 saturated heterocycles. The first-order valence-electron chi connectivity index (χ1n) is 4.21. The van der Waals surface area contributed by atoms with E-state index in [1.54, 1.807) is 0 Å². The van der Waals surface area contributed by atoms with E-state index in [0.717, 1.165) is 25.9 Å². The monoisotopic (exact) mass is 169 g/mol. The molecule has 1 atom stereocenters. The highest BCUT2D eigenvalue weighted by atomic mass is 16.1. The van der Waals surface area contributed by atoms with E-state index in [1.807, 2.05) is 7.05 Å². The van der Waals surface area contributed by atoms with Crippen LogP contribution in [0, 0.1) is 11.3 Å². The summed E-state index contributed by atoms with van der Waals surface area (Å²) in [5.74, 6) is 0.575. The number of amides is 1. The Kier molecular flexibility index (Phi) is 3.22. The minimum Gasteiger partial charge on any atom is -0.317 e. The third-order valence-corrected chi connectivity index (χ3v) is 2.25. The lowest BCUT2D eigenvalue weighted by atomic mass is 9.97. The number of rotatable bonds is 2. The molecule has 1 amide bonds. The van der Waals surface area contributed by atoms with Gasteiger partial charge in [-0.2, -0.15) is 0 Å². The Morgan fingerprint density at radius 3 is 3.08 bits per heavy atom. The van der Waals surface area contributed by atoms with Crippen molar-refractivity contribution in [3.05, 3.63) is 0 Å². The van der Waals surface area contributed by atoms with Crippen LogP contribution < -0.4 is 5.32 Å². The maximum atomic E-state index is 10.1. The third kappa shape index (κ3) is 2.30. The van der Waals surface area contributed by atoms with E-state index in [4.69, 9.17) is 5.41 Å². The lowest BCUT2D eigenvalue weighted by molar-refractivity contribution is -0.108. The lowest BCUT2D eigenvalue weighted by Crippen LogP contribution is -2.40. The molecular formula is C8H15N3O. The molecule has 2 N–H and O–H groups in total. The van der Waals surface area contributed by atoms with Gasteiger partial charge in [0.2, 0.25) is 6.41 Å². The number of nitrogens with zero attached hydrogens (tertiary/aromatic N) is 1. The minimum absolute atomic E-state index is 0.217. The second-order valence-electron chi connectivity index (χ2n) is 3.28. The summed E-state index contributed by atoms with van der Waals surface area (Å²) in [6.45, 7) is 1.99. The highest BCUT2D eigenvalue weighted by Crippen LogP contribution is 2.14. The van der Waals surface area contributed by atoms with Crippen molar-refractivity contribution in [2.45, 2.75) is 12.8 Å². The zero-order valence-corrected chi connectivity index (χ0v) is 7.34. The topological polar surface area (TPSA) is 56.2 Å². The number of hydrogen-bond acceptors (Lipinski definition) is 3. The molecule has 0 aromatic heterocycles. The van der Waals surface area contributed by atoms with Gasteiger partial charge in [0.05, 0.1) is 0 Å². The van der Waals surface area contributed by atoms with Crippen LogP contribution >= 0.6 is 0 Å². The first-order valence-corrected chi connectivity index (χ1v) is 4.21. The van der Waals surface area contributed by atoms with Crippen LogP contribution in [0.3, 0.4) is 0 Å². The second-order valence-corrected chi connectivity index (χ2v) is 3.28. The van der Waals surface area contributed by atoms with Gasteiger partial charge in [-0.1, -0.05) is 0 Å². The number of carbonyl (C=O) groups excluding carboxylic acids is 1. The van der Waals surface area contributed by atoms with Crippen molar-refractivity contribution >= 4 is 12.2 Å². The molecule has 0 aliphatic carbocycles. The summed E-state index contributed by atoms with van der Waals surface area (Å²) >= 11 is 0. The van der Waals surface area contributed by atoms with E-state index in [-0.39, 0.29) is 5.92 Å². The number of piperidine rings is 1. The molecule has 1 heterocycles. The molecule has 1 unspecified atom stereocenters. The molecule has 68 valence electrons. The van der Waals surface area contributed by atoms with E-state index in [0.29, 0.717) is 12.2 Å². The van der Waals surface area contributed by atoms with Crippen LogP contribution in [0.25, 0.3) is 0 Å². The Morgan fingerprint density at radius 2 is 2.50 bits per heavy atom. The molecule has 1 aliphatic heterocycles. The van der Waals surface area contributed by atoms with Crippen molar-refractivity contribution in [1.82, 2.24) is 10.2 Å². The molecule has 4 heteroatoms. The van der Waals surface area contributed by atoms with Gasteiger partial charge in [-0.3, -0.25) is 10.2 Å². The Bertz CT molecular complexity index is 181. The summed E-state index contributed by atoms with van der Waals surface area (Å²) in [6, 6.07) is 0. The first-order chi connectivity index (χ1) is 5.74. The maximum Gasteiger partial charge on any atom is 0.212 e. The van der Waals surface area contributed by atoms with Crippen LogP contribution in [0.4, 0.5) is 0 Å². The van der Waals surface area contributed by atoms with Crippen molar-refractivity contribution in [2.75, 3.05) is 20.1 Å². The molecule has 1 aliphatic rings. The minimum atomic E-state index is 0.217. The van der Waals surface area contributed by atoms with Gasteiger partial charge in [-0.15, -0.1) is 0 Å². The Morgan fingerprint density at radius 1 is 1.75 bits per heavy atom. The predicted octanol–water partition coefficient (Wildman–Crippen LogP) is 0.0515. The van der Waals surface area contributed by atoms with Crippen molar-refractivity contribution in [2.24, 2.45) is 5.92 Å². The highest BCUT2D eigenvalue weighted by Gasteiger charge is 2.20. The summed E-state index contributed by atoms with van der Waals surface area (Å²) in [7, 11) is 2.04. The molecule has 1 fully saturated rings. The number of nitrogens with one attached hydrogen (secondary N) is 2. The van der Waals surface area contributed by atoms with Gasteiger partial charge in [-0.05, 0) is 26.4 Å². The van der Waals surface area contributed by atoms with E-state index < -0.39 is 0 Å². The Labute approximate surface area is 72.4 Å². The smallest absolute Gasteiger partial charge is 0.212 e. The fourth-order valence-corrected chi connectivity index (χ4v) is 1.58. The first kappa shape index (κ1) is 9.19. The molecule has 0 radical (unpaired) electrons. The number of amidine groups is 1. The molecule has 0 bridgehead atoms. The van der Waals surface area contributed by atoms with Crippen LogP contribution in [0.2, 0.25) is 0 Å². The maximum absolute atomic E-state index is 10.1. The third-order valence-electron chi connectivity index (χ3n) is 2.25. The van der Waals surface area contributed by atoms with Gasteiger partial charge in [-0.25, -0.2) is 0 Å². The fourth-order valence-electron chi connectivity index (χ4n) is 1.58. The Hall–Kier alpha value is -0.900. The van der Waals surface area contributed by atoms with Gasteiger partial charge >= 0.3 is 0 Å². The molecule has 0 aromatic carbocycles. The molecular weight excluding hydrogens is 154 g/mol. The highest BCUT2D eigenvalue weighted by molar-refractivity contribution is 5.90. The van der Waals surface area contributed by atoms with E-state index in [9.17, 15) is 4.79 Å². The van der Waals surface area contributed by atoms with Gasteiger partial charge in [0.25, 0.3) is 0 Å². The average molecular weight is 169 g/mol. The predicted molar refractivity (Wildman–Crippen MR) is 47.1 cm³/mol. The van der Waals surface area contributed by atoms with Crippen molar-refractivity contribution in [3.8, 4) is 0 Å². The zero-order chi connectivity index (χ0) is 8.97. The van der Waals surface area contributed by atoms with Gasteiger partial charge in [0.15, 0.2) is 0 Å². The number of carbonyl (C=O) groups is 1. The van der Waals surface area contributed by atoms with Gasteiger partial charge < -0.3 is 10.2 Å². The quantitative estimate of drug-likeness (QED) is 0.348. The molecule has 12 heavy (non-hydrogen) atoms. The van der Waals surface area contributed by atoms with Crippen LogP contribution in [0.1, 0.15) is 12.8 Å². The normalized spacial score (nSPS) is 24.9. The zero-order valence-electron chi connectivity index (χ0n) is 7.34.